The Morgan fingerprint density at radius 1 is 1.28 bits per heavy atom. The number of halogens is 1. The molecule has 3 atom stereocenters. The number of rotatable bonds is 5. The van der Waals surface area contributed by atoms with Gasteiger partial charge in [-0.2, -0.15) is 5.10 Å². The molecule has 2 aromatic rings. The van der Waals surface area contributed by atoms with Crippen molar-refractivity contribution in [2.75, 3.05) is 13.7 Å². The minimum Gasteiger partial charge on any atom is -0.377 e. The van der Waals surface area contributed by atoms with Crippen LogP contribution in [-0.4, -0.2) is 41.5 Å². The maximum atomic E-state index is 6.04. The van der Waals surface area contributed by atoms with Gasteiger partial charge in [0.15, 0.2) is 5.96 Å². The van der Waals surface area contributed by atoms with E-state index in [1.165, 1.54) is 36.8 Å². The summed E-state index contributed by atoms with van der Waals surface area (Å²) in [5.41, 5.74) is 2.91. The Hall–Kier alpha value is -1.61. The Balaban J connectivity index is 0.00000205. The van der Waals surface area contributed by atoms with Gasteiger partial charge in [-0.1, -0.05) is 30.7 Å². The third-order valence-electron chi connectivity index (χ3n) is 7.01. The number of hydrogen-bond acceptors (Lipinski definition) is 3. The Morgan fingerprint density at radius 2 is 2.10 bits per heavy atom. The summed E-state index contributed by atoms with van der Waals surface area (Å²) >= 11 is 0. The van der Waals surface area contributed by atoms with E-state index < -0.39 is 0 Å². The lowest BCUT2D eigenvalue weighted by Crippen LogP contribution is -2.72. The molecule has 0 bridgehead atoms. The molecule has 0 amide bonds. The summed E-state index contributed by atoms with van der Waals surface area (Å²) < 4.78 is 8.00. The highest BCUT2D eigenvalue weighted by atomic mass is 127. The van der Waals surface area contributed by atoms with Crippen molar-refractivity contribution in [3.8, 4) is 0 Å². The van der Waals surface area contributed by atoms with Gasteiger partial charge in [0, 0.05) is 50.0 Å². The highest BCUT2D eigenvalue weighted by molar-refractivity contribution is 14.0. The van der Waals surface area contributed by atoms with Crippen LogP contribution in [0, 0.1) is 11.3 Å². The molecule has 1 spiro atoms. The van der Waals surface area contributed by atoms with Gasteiger partial charge in [0.25, 0.3) is 0 Å². The van der Waals surface area contributed by atoms with Gasteiger partial charge in [-0.15, -0.1) is 24.0 Å². The molecule has 156 valence electrons. The van der Waals surface area contributed by atoms with E-state index in [1.54, 1.807) is 0 Å². The molecule has 5 rings (SSSR count). The van der Waals surface area contributed by atoms with Crippen molar-refractivity contribution >= 4 is 29.9 Å². The monoisotopic (exact) mass is 507 g/mol. The number of nitrogens with zero attached hydrogens (tertiary/aromatic N) is 3. The number of guanidine groups is 1. The minimum atomic E-state index is 0. The lowest BCUT2D eigenvalue weighted by molar-refractivity contribution is -0.171. The van der Waals surface area contributed by atoms with Crippen LogP contribution in [0.4, 0.5) is 0 Å². The number of hydrogen-bond donors (Lipinski definition) is 2. The van der Waals surface area contributed by atoms with E-state index in [1.807, 2.05) is 30.2 Å². The topological polar surface area (TPSA) is 63.5 Å². The molecule has 2 heterocycles. The van der Waals surface area contributed by atoms with Crippen LogP contribution in [0.2, 0.25) is 0 Å². The average Bonchev–Trinajstić information content (AvgIpc) is 3.33. The number of ether oxygens (including phenoxy) is 1. The number of aliphatic imine (C=N–C) groups is 1. The first kappa shape index (κ1) is 20.7. The van der Waals surface area contributed by atoms with Gasteiger partial charge in [-0.05, 0) is 36.5 Å². The minimum absolute atomic E-state index is 0. The second-order valence-corrected chi connectivity index (χ2v) is 8.35. The Kier molecular flexibility index (Phi) is 6.15. The highest BCUT2D eigenvalue weighted by Crippen LogP contribution is 2.62. The molecule has 0 radical (unpaired) electrons. The van der Waals surface area contributed by atoms with Crippen molar-refractivity contribution in [1.82, 2.24) is 20.4 Å². The standard InChI is InChI=1S/C22H29N5O.HI/c1-23-21(26-19-18-8-13-28-20(18)22(19)9-4-10-22)24-14-16-6-2-3-7-17(16)15-27-12-5-11-25-27;/h2-3,5-7,11-12,18-20H,4,8-10,13-15H2,1H3,(H2,23,24,26);1H. The van der Waals surface area contributed by atoms with Crippen molar-refractivity contribution in [3.05, 3.63) is 53.9 Å². The summed E-state index contributed by atoms with van der Waals surface area (Å²) in [7, 11) is 1.86. The molecule has 3 aliphatic rings. The van der Waals surface area contributed by atoms with E-state index >= 15 is 0 Å². The molecule has 3 fully saturated rings. The molecule has 1 aromatic heterocycles. The van der Waals surface area contributed by atoms with Crippen LogP contribution in [-0.2, 0) is 17.8 Å². The molecule has 7 heteroatoms. The summed E-state index contributed by atoms with van der Waals surface area (Å²) in [6, 6.07) is 11.0. The number of aromatic nitrogens is 2. The molecule has 1 aromatic carbocycles. The quantitative estimate of drug-likeness (QED) is 0.371. The van der Waals surface area contributed by atoms with Crippen LogP contribution < -0.4 is 10.6 Å². The van der Waals surface area contributed by atoms with Gasteiger partial charge in [0.05, 0.1) is 12.6 Å². The molecule has 2 saturated carbocycles. The van der Waals surface area contributed by atoms with Crippen molar-refractivity contribution in [3.63, 3.8) is 0 Å². The number of nitrogens with one attached hydrogen (secondary N) is 2. The van der Waals surface area contributed by atoms with Gasteiger partial charge >= 0.3 is 0 Å². The third-order valence-corrected chi connectivity index (χ3v) is 7.01. The Labute approximate surface area is 189 Å². The summed E-state index contributed by atoms with van der Waals surface area (Å²) in [5, 5.41) is 11.6. The molecule has 29 heavy (non-hydrogen) atoms. The van der Waals surface area contributed by atoms with Crippen molar-refractivity contribution < 1.29 is 4.74 Å². The second kappa shape index (κ2) is 8.63. The van der Waals surface area contributed by atoms with E-state index in [9.17, 15) is 0 Å². The van der Waals surface area contributed by atoms with Crippen molar-refractivity contribution in [2.45, 2.75) is 50.9 Å². The lowest BCUT2D eigenvalue weighted by atomic mass is 9.46. The van der Waals surface area contributed by atoms with Crippen LogP contribution in [0.5, 0.6) is 0 Å². The zero-order chi connectivity index (χ0) is 19.0. The first-order chi connectivity index (χ1) is 13.8. The summed E-state index contributed by atoms with van der Waals surface area (Å²) in [6.07, 6.45) is 9.38. The molecule has 2 N–H and O–H groups in total. The molecular formula is C22H30IN5O. The normalized spacial score (nSPS) is 26.8. The third kappa shape index (κ3) is 3.67. The van der Waals surface area contributed by atoms with E-state index in [2.05, 4.69) is 45.0 Å². The van der Waals surface area contributed by atoms with Gasteiger partial charge in [0.1, 0.15) is 0 Å². The maximum Gasteiger partial charge on any atom is 0.191 e. The zero-order valence-electron chi connectivity index (χ0n) is 16.9. The average molecular weight is 507 g/mol. The predicted octanol–water partition coefficient (Wildman–Crippen LogP) is 3.17. The van der Waals surface area contributed by atoms with Crippen LogP contribution in [0.3, 0.4) is 0 Å². The van der Waals surface area contributed by atoms with E-state index in [0.717, 1.165) is 25.7 Å². The highest BCUT2D eigenvalue weighted by Gasteiger charge is 2.66. The molecule has 6 nitrogen and oxygen atoms in total. The summed E-state index contributed by atoms with van der Waals surface area (Å²) in [6.45, 7) is 2.45. The fourth-order valence-corrected chi connectivity index (χ4v) is 5.43. The zero-order valence-corrected chi connectivity index (χ0v) is 19.2. The van der Waals surface area contributed by atoms with Gasteiger partial charge in [0.2, 0.25) is 0 Å². The van der Waals surface area contributed by atoms with Crippen LogP contribution >= 0.6 is 24.0 Å². The predicted molar refractivity (Wildman–Crippen MR) is 124 cm³/mol. The fraction of sp³-hybridized carbons (Fsp3) is 0.545. The smallest absolute Gasteiger partial charge is 0.191 e. The van der Waals surface area contributed by atoms with Gasteiger partial charge < -0.3 is 15.4 Å². The second-order valence-electron chi connectivity index (χ2n) is 8.35. The molecule has 3 unspecified atom stereocenters. The Bertz CT molecular complexity index is 849. The molecule has 1 saturated heterocycles. The Morgan fingerprint density at radius 3 is 2.79 bits per heavy atom. The molecule has 1 aliphatic heterocycles. The van der Waals surface area contributed by atoms with E-state index in [0.29, 0.717) is 23.5 Å². The fourth-order valence-electron chi connectivity index (χ4n) is 5.43. The van der Waals surface area contributed by atoms with E-state index in [4.69, 9.17) is 4.74 Å². The first-order valence-electron chi connectivity index (χ1n) is 10.4. The number of fused-ring (bicyclic) bond motifs is 2. The van der Waals surface area contributed by atoms with Crippen molar-refractivity contribution in [2.24, 2.45) is 16.3 Å². The molecular weight excluding hydrogens is 477 g/mol. The number of benzene rings is 1. The largest absolute Gasteiger partial charge is 0.377 e. The maximum absolute atomic E-state index is 6.04. The first-order valence-corrected chi connectivity index (χ1v) is 10.4. The van der Waals surface area contributed by atoms with Crippen molar-refractivity contribution in [1.29, 1.82) is 0 Å². The van der Waals surface area contributed by atoms with Crippen LogP contribution in [0.1, 0.15) is 36.8 Å². The van der Waals surface area contributed by atoms with Gasteiger partial charge in [-0.25, -0.2) is 0 Å². The van der Waals surface area contributed by atoms with Gasteiger partial charge in [-0.3, -0.25) is 9.67 Å². The van der Waals surface area contributed by atoms with Crippen LogP contribution in [0.25, 0.3) is 0 Å². The summed E-state index contributed by atoms with van der Waals surface area (Å²) in [5.74, 6) is 1.54. The SMILES string of the molecule is CN=C(NCc1ccccc1Cn1cccn1)NC1C2CCOC2C12CCC2.I. The van der Waals surface area contributed by atoms with Crippen LogP contribution in [0.15, 0.2) is 47.7 Å². The lowest BCUT2D eigenvalue weighted by Gasteiger charge is -2.63. The summed E-state index contributed by atoms with van der Waals surface area (Å²) in [4.78, 5) is 4.50. The van der Waals surface area contributed by atoms with E-state index in [-0.39, 0.29) is 24.0 Å². The molecule has 2 aliphatic carbocycles.